The molecule has 5 nitrogen and oxygen atoms in total. The molecule has 19 heavy (non-hydrogen) atoms. The van der Waals surface area contributed by atoms with Crippen LogP contribution in [0.25, 0.3) is 5.52 Å². The Kier molecular flexibility index (Phi) is 2.67. The highest BCUT2D eigenvalue weighted by molar-refractivity contribution is 6.14. The molecule has 0 saturated carbocycles. The largest absolute Gasteiger partial charge is 0.332 e. The minimum Gasteiger partial charge on any atom is -0.332 e. The van der Waals surface area contributed by atoms with Crippen molar-refractivity contribution in [3.05, 3.63) is 47.4 Å². The van der Waals surface area contributed by atoms with E-state index < -0.39 is 0 Å². The lowest BCUT2D eigenvalue weighted by Gasteiger charge is -2.12. The molecule has 0 atom stereocenters. The van der Waals surface area contributed by atoms with Crippen molar-refractivity contribution in [3.8, 4) is 0 Å². The van der Waals surface area contributed by atoms with Crippen LogP contribution in [-0.4, -0.2) is 21.3 Å². The number of aromatic nitrogens is 2. The number of carbonyl (C=O) groups is 2. The van der Waals surface area contributed by atoms with Gasteiger partial charge in [-0.3, -0.25) is 9.59 Å². The van der Waals surface area contributed by atoms with Gasteiger partial charge in [-0.1, -0.05) is 6.07 Å². The number of carbonyl (C=O) groups excluding carboxylic acids is 2. The Labute approximate surface area is 109 Å². The van der Waals surface area contributed by atoms with Crippen LogP contribution < -0.4 is 5.32 Å². The average molecular weight is 255 g/mol. The Morgan fingerprint density at radius 2 is 2.21 bits per heavy atom. The molecule has 0 fully saturated rings. The number of Topliss-reactive ketones (excluding diaryl/α,β-unsaturated/α-hetero) is 1. The standard InChI is InChI=1S/C14H13N3O2/c1-9-13(11-4-2-3-7-17(11)16-9)14(19)10-5-6-12(18)15-8-10/h2-4,7-8H,5-6H2,1H3,(H,15,18). The molecule has 0 aliphatic carbocycles. The number of hydrogen-bond acceptors (Lipinski definition) is 3. The minimum atomic E-state index is -0.0568. The molecule has 3 heterocycles. The Morgan fingerprint density at radius 3 is 2.95 bits per heavy atom. The third-order valence-electron chi connectivity index (χ3n) is 3.26. The number of pyridine rings is 1. The number of allylic oxidation sites excluding steroid dienone is 1. The van der Waals surface area contributed by atoms with Gasteiger partial charge in [-0.05, 0) is 25.5 Å². The molecule has 0 aromatic carbocycles. The van der Waals surface area contributed by atoms with E-state index in [1.54, 1.807) is 4.52 Å². The summed E-state index contributed by atoms with van der Waals surface area (Å²) in [6.07, 6.45) is 4.17. The first-order valence-corrected chi connectivity index (χ1v) is 6.14. The van der Waals surface area contributed by atoms with Crippen LogP contribution in [-0.2, 0) is 4.79 Å². The Morgan fingerprint density at radius 1 is 1.37 bits per heavy atom. The zero-order chi connectivity index (χ0) is 13.4. The summed E-state index contributed by atoms with van der Waals surface area (Å²) in [6, 6.07) is 5.62. The van der Waals surface area contributed by atoms with Crippen LogP contribution in [0.5, 0.6) is 0 Å². The summed E-state index contributed by atoms with van der Waals surface area (Å²) < 4.78 is 1.70. The average Bonchev–Trinajstić information content (AvgIpc) is 2.74. The molecule has 1 aliphatic rings. The number of aryl methyl sites for hydroxylation is 1. The van der Waals surface area contributed by atoms with Crippen LogP contribution in [0.3, 0.4) is 0 Å². The number of fused-ring (bicyclic) bond motifs is 1. The van der Waals surface area contributed by atoms with E-state index in [9.17, 15) is 9.59 Å². The van der Waals surface area contributed by atoms with E-state index in [0.29, 0.717) is 29.7 Å². The molecule has 2 aromatic rings. The zero-order valence-corrected chi connectivity index (χ0v) is 10.5. The van der Waals surface area contributed by atoms with Crippen molar-refractivity contribution < 1.29 is 9.59 Å². The molecule has 0 bridgehead atoms. The van der Waals surface area contributed by atoms with Crippen LogP contribution in [0.2, 0.25) is 0 Å². The first kappa shape index (κ1) is 11.6. The number of ketones is 1. The highest BCUT2D eigenvalue weighted by Gasteiger charge is 2.22. The highest BCUT2D eigenvalue weighted by atomic mass is 16.1. The van der Waals surface area contributed by atoms with Crippen molar-refractivity contribution in [3.63, 3.8) is 0 Å². The molecule has 0 spiro atoms. The minimum absolute atomic E-state index is 0.0480. The van der Waals surface area contributed by atoms with Crippen LogP contribution in [0.4, 0.5) is 0 Å². The molecule has 0 saturated heterocycles. The van der Waals surface area contributed by atoms with Gasteiger partial charge in [0.25, 0.3) is 0 Å². The van der Waals surface area contributed by atoms with Crippen LogP contribution in [0, 0.1) is 6.92 Å². The number of nitrogens with one attached hydrogen (secondary N) is 1. The fourth-order valence-electron chi connectivity index (χ4n) is 2.30. The molecule has 5 heteroatoms. The number of rotatable bonds is 2. The van der Waals surface area contributed by atoms with Crippen molar-refractivity contribution in [1.29, 1.82) is 0 Å². The summed E-state index contributed by atoms with van der Waals surface area (Å²) in [4.78, 5) is 23.6. The predicted molar refractivity (Wildman–Crippen MR) is 69.7 cm³/mol. The fourth-order valence-corrected chi connectivity index (χ4v) is 2.30. The molecule has 3 rings (SSSR count). The first-order chi connectivity index (χ1) is 9.16. The van der Waals surface area contributed by atoms with Crippen molar-refractivity contribution in [2.75, 3.05) is 0 Å². The van der Waals surface area contributed by atoms with Crippen molar-refractivity contribution in [1.82, 2.24) is 14.9 Å². The summed E-state index contributed by atoms with van der Waals surface area (Å²) in [5.41, 5.74) is 2.74. The Balaban J connectivity index is 2.07. The molecule has 0 radical (unpaired) electrons. The van der Waals surface area contributed by atoms with Gasteiger partial charge >= 0.3 is 0 Å². The maximum atomic E-state index is 12.5. The number of amides is 1. The zero-order valence-electron chi connectivity index (χ0n) is 10.5. The molecule has 1 N–H and O–H groups in total. The normalized spacial score (nSPS) is 15.2. The van der Waals surface area contributed by atoms with Gasteiger partial charge in [-0.2, -0.15) is 5.10 Å². The molecule has 2 aromatic heterocycles. The summed E-state index contributed by atoms with van der Waals surface area (Å²) in [6.45, 7) is 1.82. The van der Waals surface area contributed by atoms with E-state index in [2.05, 4.69) is 10.4 Å². The van der Waals surface area contributed by atoms with Crippen LogP contribution in [0.1, 0.15) is 28.9 Å². The second-order valence-electron chi connectivity index (χ2n) is 4.56. The van der Waals surface area contributed by atoms with Gasteiger partial charge in [-0.15, -0.1) is 0 Å². The lowest BCUT2D eigenvalue weighted by molar-refractivity contribution is -0.120. The summed E-state index contributed by atoms with van der Waals surface area (Å²) >= 11 is 0. The van der Waals surface area contributed by atoms with Crippen LogP contribution in [0.15, 0.2) is 36.2 Å². The van der Waals surface area contributed by atoms with Gasteiger partial charge in [-0.25, -0.2) is 4.52 Å². The van der Waals surface area contributed by atoms with E-state index in [0.717, 1.165) is 5.52 Å². The van der Waals surface area contributed by atoms with Crippen molar-refractivity contribution in [2.24, 2.45) is 0 Å². The van der Waals surface area contributed by atoms with Gasteiger partial charge in [0, 0.05) is 24.4 Å². The quantitative estimate of drug-likeness (QED) is 0.829. The van der Waals surface area contributed by atoms with E-state index in [-0.39, 0.29) is 11.7 Å². The lowest BCUT2D eigenvalue weighted by Crippen LogP contribution is -2.24. The van der Waals surface area contributed by atoms with E-state index in [4.69, 9.17) is 0 Å². The SMILES string of the molecule is Cc1nn2ccccc2c1C(=O)C1=CNC(=O)CC1. The van der Waals surface area contributed by atoms with Gasteiger partial charge in [0.1, 0.15) is 0 Å². The third-order valence-corrected chi connectivity index (χ3v) is 3.26. The van der Waals surface area contributed by atoms with Gasteiger partial charge < -0.3 is 5.32 Å². The van der Waals surface area contributed by atoms with E-state index >= 15 is 0 Å². The topological polar surface area (TPSA) is 63.5 Å². The molecule has 1 aliphatic heterocycles. The van der Waals surface area contributed by atoms with Crippen LogP contribution >= 0.6 is 0 Å². The highest BCUT2D eigenvalue weighted by Crippen LogP contribution is 2.22. The number of nitrogens with zero attached hydrogens (tertiary/aromatic N) is 2. The molecule has 0 unspecified atom stereocenters. The monoisotopic (exact) mass is 255 g/mol. The molecular weight excluding hydrogens is 242 g/mol. The maximum absolute atomic E-state index is 12.5. The molecular formula is C14H13N3O2. The van der Waals surface area contributed by atoms with Gasteiger partial charge in [0.05, 0.1) is 16.8 Å². The summed E-state index contributed by atoms with van der Waals surface area (Å²) in [5, 5.41) is 6.92. The predicted octanol–water partition coefficient (Wildman–Crippen LogP) is 1.62. The van der Waals surface area contributed by atoms with Gasteiger partial charge in [0.2, 0.25) is 5.91 Å². The number of hydrogen-bond donors (Lipinski definition) is 1. The summed E-state index contributed by atoms with van der Waals surface area (Å²) in [7, 11) is 0. The lowest BCUT2D eigenvalue weighted by atomic mass is 9.97. The van der Waals surface area contributed by atoms with Crippen molar-refractivity contribution >= 4 is 17.2 Å². The molecule has 96 valence electrons. The van der Waals surface area contributed by atoms with Crippen molar-refractivity contribution in [2.45, 2.75) is 19.8 Å². The van der Waals surface area contributed by atoms with Gasteiger partial charge in [0.15, 0.2) is 5.78 Å². The van der Waals surface area contributed by atoms with E-state index in [1.807, 2.05) is 31.3 Å². The smallest absolute Gasteiger partial charge is 0.224 e. The summed E-state index contributed by atoms with van der Waals surface area (Å²) in [5.74, 6) is -0.105. The third kappa shape index (κ3) is 1.93. The maximum Gasteiger partial charge on any atom is 0.224 e. The Bertz CT molecular complexity index is 713. The molecule has 1 amide bonds. The van der Waals surface area contributed by atoms with E-state index in [1.165, 1.54) is 6.20 Å². The Hall–Kier alpha value is -2.43. The second kappa shape index (κ2) is 4.35. The first-order valence-electron chi connectivity index (χ1n) is 6.14. The fraction of sp³-hybridized carbons (Fsp3) is 0.214. The second-order valence-corrected chi connectivity index (χ2v) is 4.56.